The van der Waals surface area contributed by atoms with E-state index in [2.05, 4.69) is 15.9 Å². The van der Waals surface area contributed by atoms with Crippen molar-refractivity contribution in [3.05, 3.63) is 64.1 Å². The predicted molar refractivity (Wildman–Crippen MR) is 107 cm³/mol. The number of thioether (sulfide) groups is 1. The molecule has 0 saturated heterocycles. The molecule has 2 amide bonds. The Bertz CT molecular complexity index is 834. The van der Waals surface area contributed by atoms with E-state index in [9.17, 15) is 14.4 Å². The lowest BCUT2D eigenvalue weighted by Crippen LogP contribution is -2.33. The van der Waals surface area contributed by atoms with Crippen LogP contribution in [0.2, 0.25) is 0 Å². The largest absolute Gasteiger partial charge is 0.469 e. The summed E-state index contributed by atoms with van der Waals surface area (Å²) in [5.41, 5.74) is 0.836. The molecule has 2 aromatic rings. The summed E-state index contributed by atoms with van der Waals surface area (Å²) in [5, 5.41) is 0. The molecular weight excluding hydrogens is 430 g/mol. The lowest BCUT2D eigenvalue weighted by molar-refractivity contribution is -0.144. The van der Waals surface area contributed by atoms with Gasteiger partial charge in [-0.2, -0.15) is 0 Å². The number of fused-ring (bicyclic) bond motifs is 1. The molecule has 0 aromatic heterocycles. The molecule has 140 valence electrons. The first-order valence-corrected chi connectivity index (χ1v) is 10.2. The number of carbonyl (C=O) groups excluding carboxylic acids is 3. The molecule has 0 N–H and O–H groups in total. The molecule has 5 nitrogen and oxygen atoms in total. The third-order valence-electron chi connectivity index (χ3n) is 4.38. The first kappa shape index (κ1) is 19.6. The molecule has 0 radical (unpaired) electrons. The fourth-order valence-corrected chi connectivity index (χ4v) is 4.18. The topological polar surface area (TPSA) is 63.7 Å². The molecule has 0 aliphatic carbocycles. The second-order valence-electron chi connectivity index (χ2n) is 6.08. The van der Waals surface area contributed by atoms with Crippen molar-refractivity contribution in [2.24, 2.45) is 5.92 Å². The zero-order valence-corrected chi connectivity index (χ0v) is 17.1. The summed E-state index contributed by atoms with van der Waals surface area (Å²) in [6.45, 7) is 0.188. The highest BCUT2D eigenvalue weighted by atomic mass is 79.9. The zero-order valence-electron chi connectivity index (χ0n) is 14.7. The Morgan fingerprint density at radius 2 is 1.67 bits per heavy atom. The average molecular weight is 448 g/mol. The van der Waals surface area contributed by atoms with Crippen molar-refractivity contribution in [1.82, 2.24) is 4.90 Å². The van der Waals surface area contributed by atoms with Gasteiger partial charge in [-0.1, -0.05) is 28.1 Å². The average Bonchev–Trinajstić information content (AvgIpc) is 2.93. The molecule has 0 bridgehead atoms. The van der Waals surface area contributed by atoms with Gasteiger partial charge in [0, 0.05) is 21.7 Å². The number of ether oxygens (including phenoxy) is 1. The third kappa shape index (κ3) is 4.42. The summed E-state index contributed by atoms with van der Waals surface area (Å²) in [6.07, 6.45) is 0.363. The quantitative estimate of drug-likeness (QED) is 0.364. The van der Waals surface area contributed by atoms with Crippen LogP contribution in [0.4, 0.5) is 0 Å². The van der Waals surface area contributed by atoms with Crippen molar-refractivity contribution >= 4 is 45.5 Å². The number of rotatable bonds is 7. The van der Waals surface area contributed by atoms with Gasteiger partial charge in [0.2, 0.25) is 0 Å². The van der Waals surface area contributed by atoms with Crippen LogP contribution in [0.25, 0.3) is 0 Å². The standard InChI is InChI=1S/C20H18BrNO4S/c1-26-20(25)13(12-27-15-8-6-14(21)7-9-15)10-11-22-18(23)16-4-2-3-5-17(16)19(22)24/h2-9,13H,10-12H2,1H3. The Kier molecular flexibility index (Phi) is 6.34. The number of benzene rings is 2. The summed E-state index contributed by atoms with van der Waals surface area (Å²) in [5.74, 6) is -0.846. The molecule has 2 aromatic carbocycles. The molecule has 0 saturated carbocycles. The molecule has 1 aliphatic heterocycles. The van der Waals surface area contributed by atoms with E-state index in [1.54, 1.807) is 36.0 Å². The van der Waals surface area contributed by atoms with Gasteiger partial charge in [0.25, 0.3) is 11.8 Å². The molecular formula is C20H18BrNO4S. The van der Waals surface area contributed by atoms with Crippen molar-refractivity contribution in [3.8, 4) is 0 Å². The Labute approximate surface area is 170 Å². The second kappa shape index (κ2) is 8.71. The molecule has 0 fully saturated rings. The van der Waals surface area contributed by atoms with Crippen LogP contribution in [0.15, 0.2) is 57.9 Å². The maximum absolute atomic E-state index is 12.4. The van der Waals surface area contributed by atoms with Gasteiger partial charge in [-0.25, -0.2) is 0 Å². The van der Waals surface area contributed by atoms with Crippen LogP contribution in [0.5, 0.6) is 0 Å². The van der Waals surface area contributed by atoms with Crippen molar-refractivity contribution in [2.45, 2.75) is 11.3 Å². The molecule has 7 heteroatoms. The van der Waals surface area contributed by atoms with E-state index < -0.39 is 5.92 Å². The highest BCUT2D eigenvalue weighted by molar-refractivity contribution is 9.10. The van der Waals surface area contributed by atoms with E-state index in [4.69, 9.17) is 4.74 Å². The Morgan fingerprint density at radius 3 is 2.22 bits per heavy atom. The van der Waals surface area contributed by atoms with E-state index in [0.29, 0.717) is 23.3 Å². The minimum atomic E-state index is -0.409. The predicted octanol–water partition coefficient (Wildman–Crippen LogP) is 4.02. The maximum Gasteiger partial charge on any atom is 0.309 e. The van der Waals surface area contributed by atoms with Crippen LogP contribution in [0.3, 0.4) is 0 Å². The number of amides is 2. The fourth-order valence-electron chi connectivity index (χ4n) is 2.89. The van der Waals surface area contributed by atoms with Crippen molar-refractivity contribution in [3.63, 3.8) is 0 Å². The Morgan fingerprint density at radius 1 is 1.07 bits per heavy atom. The van der Waals surface area contributed by atoms with Crippen LogP contribution in [0, 0.1) is 5.92 Å². The summed E-state index contributed by atoms with van der Waals surface area (Å²) < 4.78 is 5.89. The van der Waals surface area contributed by atoms with Gasteiger partial charge in [-0.05, 0) is 42.8 Å². The lowest BCUT2D eigenvalue weighted by atomic mass is 10.1. The number of methoxy groups -OCH3 is 1. The maximum atomic E-state index is 12.4. The fraction of sp³-hybridized carbons (Fsp3) is 0.250. The number of imide groups is 1. The van der Waals surface area contributed by atoms with E-state index in [1.807, 2.05) is 24.3 Å². The highest BCUT2D eigenvalue weighted by Gasteiger charge is 2.35. The molecule has 1 atom stereocenters. The number of carbonyl (C=O) groups is 3. The zero-order chi connectivity index (χ0) is 19.4. The van der Waals surface area contributed by atoms with Crippen LogP contribution in [-0.4, -0.2) is 42.1 Å². The smallest absolute Gasteiger partial charge is 0.309 e. The summed E-state index contributed by atoms with van der Waals surface area (Å²) in [4.78, 5) is 39.3. The first-order chi connectivity index (χ1) is 13.0. The van der Waals surface area contributed by atoms with Crippen LogP contribution in [-0.2, 0) is 9.53 Å². The monoisotopic (exact) mass is 447 g/mol. The van der Waals surface area contributed by atoms with E-state index in [0.717, 1.165) is 9.37 Å². The van der Waals surface area contributed by atoms with Crippen molar-refractivity contribution in [2.75, 3.05) is 19.4 Å². The summed E-state index contributed by atoms with van der Waals surface area (Å²) in [7, 11) is 1.35. The van der Waals surface area contributed by atoms with Gasteiger partial charge < -0.3 is 4.74 Å². The first-order valence-electron chi connectivity index (χ1n) is 8.42. The van der Waals surface area contributed by atoms with Gasteiger partial charge in [0.05, 0.1) is 24.2 Å². The van der Waals surface area contributed by atoms with Crippen LogP contribution in [0.1, 0.15) is 27.1 Å². The SMILES string of the molecule is COC(=O)C(CCN1C(=O)c2ccccc2C1=O)CSc1ccc(Br)cc1. The number of hydrogen-bond acceptors (Lipinski definition) is 5. The van der Waals surface area contributed by atoms with Crippen LogP contribution >= 0.6 is 27.7 Å². The second-order valence-corrected chi connectivity index (χ2v) is 8.09. The lowest BCUT2D eigenvalue weighted by Gasteiger charge is -2.18. The molecule has 0 spiro atoms. The normalized spacial score (nSPS) is 14.2. The van der Waals surface area contributed by atoms with E-state index in [1.165, 1.54) is 12.0 Å². The molecule has 3 rings (SSSR count). The van der Waals surface area contributed by atoms with Gasteiger partial charge in [-0.3, -0.25) is 19.3 Å². The van der Waals surface area contributed by atoms with Gasteiger partial charge in [0.15, 0.2) is 0 Å². The molecule has 1 unspecified atom stereocenters. The number of nitrogens with zero attached hydrogens (tertiary/aromatic N) is 1. The third-order valence-corrected chi connectivity index (χ3v) is 6.08. The highest BCUT2D eigenvalue weighted by Crippen LogP contribution is 2.27. The van der Waals surface area contributed by atoms with Gasteiger partial charge in [0.1, 0.15) is 0 Å². The minimum Gasteiger partial charge on any atom is -0.469 e. The molecule has 1 heterocycles. The van der Waals surface area contributed by atoms with Gasteiger partial charge >= 0.3 is 5.97 Å². The Hall–Kier alpha value is -2.12. The number of esters is 1. The Balaban J connectivity index is 1.63. The van der Waals surface area contributed by atoms with Crippen LogP contribution < -0.4 is 0 Å². The summed E-state index contributed by atoms with van der Waals surface area (Å²) >= 11 is 4.94. The van der Waals surface area contributed by atoms with Gasteiger partial charge in [-0.15, -0.1) is 11.8 Å². The minimum absolute atomic E-state index is 0.188. The van der Waals surface area contributed by atoms with E-state index in [-0.39, 0.29) is 24.3 Å². The molecule has 27 heavy (non-hydrogen) atoms. The summed E-state index contributed by atoms with van der Waals surface area (Å²) in [6, 6.07) is 14.6. The molecule has 1 aliphatic rings. The van der Waals surface area contributed by atoms with E-state index >= 15 is 0 Å². The number of halogens is 1. The van der Waals surface area contributed by atoms with Crippen molar-refractivity contribution in [1.29, 1.82) is 0 Å². The van der Waals surface area contributed by atoms with Crippen molar-refractivity contribution < 1.29 is 19.1 Å². The number of hydrogen-bond donors (Lipinski definition) is 0.